The minimum atomic E-state index is 0.610. The largest absolute Gasteiger partial charge is 0.379 e. The van der Waals surface area contributed by atoms with Crippen LogP contribution in [0.15, 0.2) is 0 Å². The van der Waals surface area contributed by atoms with Gasteiger partial charge >= 0.3 is 0 Å². The molecule has 2 unspecified atom stereocenters. The maximum absolute atomic E-state index is 5.44. The van der Waals surface area contributed by atoms with Crippen molar-refractivity contribution in [2.45, 2.75) is 19.9 Å². The van der Waals surface area contributed by atoms with Crippen LogP contribution in [0.4, 0.5) is 0 Å². The van der Waals surface area contributed by atoms with E-state index in [0.717, 1.165) is 31.6 Å². The zero-order valence-electron chi connectivity index (χ0n) is 9.33. The number of morpholine rings is 1. The van der Waals surface area contributed by atoms with Crippen molar-refractivity contribution in [1.82, 2.24) is 10.2 Å². The lowest BCUT2D eigenvalue weighted by Gasteiger charge is -2.39. The summed E-state index contributed by atoms with van der Waals surface area (Å²) in [6.07, 6.45) is 0. The molecule has 2 aliphatic heterocycles. The first-order chi connectivity index (χ1) is 6.77. The van der Waals surface area contributed by atoms with Crippen molar-refractivity contribution in [3.63, 3.8) is 0 Å². The van der Waals surface area contributed by atoms with E-state index in [4.69, 9.17) is 4.74 Å². The van der Waals surface area contributed by atoms with Gasteiger partial charge in [0.25, 0.3) is 0 Å². The van der Waals surface area contributed by atoms with Crippen molar-refractivity contribution in [2.75, 3.05) is 39.4 Å². The fourth-order valence-corrected chi connectivity index (χ4v) is 2.27. The van der Waals surface area contributed by atoms with Gasteiger partial charge in [0.05, 0.1) is 13.2 Å². The maximum atomic E-state index is 5.44. The second-order valence-electron chi connectivity index (χ2n) is 4.81. The number of nitrogens with one attached hydrogen (secondary N) is 1. The van der Waals surface area contributed by atoms with E-state index in [1.807, 2.05) is 0 Å². The lowest BCUT2D eigenvalue weighted by atomic mass is 9.88. The van der Waals surface area contributed by atoms with Gasteiger partial charge < -0.3 is 10.1 Å². The predicted molar refractivity (Wildman–Crippen MR) is 57.4 cm³/mol. The molecule has 2 heterocycles. The number of hydrogen-bond donors (Lipinski definition) is 1. The average Bonchev–Trinajstić information content (AvgIpc) is 2.05. The summed E-state index contributed by atoms with van der Waals surface area (Å²) in [5, 5.41) is 3.35. The lowest BCUT2D eigenvalue weighted by Crippen LogP contribution is -2.51. The zero-order valence-corrected chi connectivity index (χ0v) is 9.33. The molecule has 1 N–H and O–H groups in total. The van der Waals surface area contributed by atoms with Crippen molar-refractivity contribution in [1.29, 1.82) is 0 Å². The first-order valence-corrected chi connectivity index (χ1v) is 5.80. The Morgan fingerprint density at radius 3 is 2.86 bits per heavy atom. The molecule has 0 spiro atoms. The van der Waals surface area contributed by atoms with Crippen LogP contribution in [0.3, 0.4) is 0 Å². The molecule has 2 rings (SSSR count). The molecule has 14 heavy (non-hydrogen) atoms. The molecule has 82 valence electrons. The van der Waals surface area contributed by atoms with Crippen molar-refractivity contribution in [3.05, 3.63) is 0 Å². The minimum Gasteiger partial charge on any atom is -0.379 e. The minimum absolute atomic E-state index is 0.610. The van der Waals surface area contributed by atoms with E-state index in [-0.39, 0.29) is 0 Å². The molecule has 2 atom stereocenters. The fourth-order valence-electron chi connectivity index (χ4n) is 2.27. The van der Waals surface area contributed by atoms with Gasteiger partial charge in [-0.3, -0.25) is 4.90 Å². The van der Waals surface area contributed by atoms with E-state index in [9.17, 15) is 0 Å². The van der Waals surface area contributed by atoms with Crippen LogP contribution in [0.25, 0.3) is 0 Å². The fraction of sp³-hybridized carbons (Fsp3) is 1.00. The second-order valence-corrected chi connectivity index (χ2v) is 4.81. The number of nitrogens with zero attached hydrogens (tertiary/aromatic N) is 1. The molecule has 0 aromatic heterocycles. The monoisotopic (exact) mass is 198 g/mol. The van der Waals surface area contributed by atoms with Crippen LogP contribution in [0.1, 0.15) is 13.8 Å². The Balaban J connectivity index is 1.76. The summed E-state index contributed by atoms with van der Waals surface area (Å²) in [6.45, 7) is 11.3. The Labute approximate surface area is 86.8 Å². The number of ether oxygens (including phenoxy) is 1. The molecule has 0 radical (unpaired) electrons. The van der Waals surface area contributed by atoms with Gasteiger partial charge in [-0.25, -0.2) is 0 Å². The molecule has 3 heteroatoms. The Morgan fingerprint density at radius 1 is 1.50 bits per heavy atom. The Hall–Kier alpha value is -0.120. The Kier molecular flexibility index (Phi) is 3.42. The molecule has 0 aliphatic carbocycles. The average molecular weight is 198 g/mol. The highest BCUT2D eigenvalue weighted by Gasteiger charge is 2.27. The van der Waals surface area contributed by atoms with Gasteiger partial charge in [0.2, 0.25) is 0 Å². The quantitative estimate of drug-likeness (QED) is 0.717. The van der Waals surface area contributed by atoms with Crippen LogP contribution in [0.5, 0.6) is 0 Å². The van der Waals surface area contributed by atoms with E-state index in [1.54, 1.807) is 0 Å². The van der Waals surface area contributed by atoms with Gasteiger partial charge in [0, 0.05) is 19.1 Å². The van der Waals surface area contributed by atoms with Gasteiger partial charge in [0.15, 0.2) is 0 Å². The van der Waals surface area contributed by atoms with Crippen LogP contribution >= 0.6 is 0 Å². The highest BCUT2D eigenvalue weighted by atomic mass is 16.5. The summed E-state index contributed by atoms with van der Waals surface area (Å²) in [6, 6.07) is 0.610. The second kappa shape index (κ2) is 4.60. The summed E-state index contributed by atoms with van der Waals surface area (Å²) in [5.74, 6) is 1.74. The molecule has 2 aliphatic rings. The highest BCUT2D eigenvalue weighted by molar-refractivity contribution is 4.83. The normalized spacial score (nSPS) is 32.6. The Morgan fingerprint density at radius 2 is 2.29 bits per heavy atom. The molecular formula is C11H22N2O. The summed E-state index contributed by atoms with van der Waals surface area (Å²) in [5.41, 5.74) is 0. The first-order valence-electron chi connectivity index (χ1n) is 5.80. The van der Waals surface area contributed by atoms with Gasteiger partial charge in [-0.1, -0.05) is 6.92 Å². The van der Waals surface area contributed by atoms with Crippen LogP contribution in [-0.2, 0) is 4.74 Å². The topological polar surface area (TPSA) is 24.5 Å². The SMILES string of the molecule is CC(CN1CCOCC1C)C1CNC1. The third-order valence-corrected chi connectivity index (χ3v) is 3.65. The van der Waals surface area contributed by atoms with Crippen molar-refractivity contribution < 1.29 is 4.74 Å². The van der Waals surface area contributed by atoms with Crippen LogP contribution < -0.4 is 5.32 Å². The molecule has 2 saturated heterocycles. The van der Waals surface area contributed by atoms with E-state index < -0.39 is 0 Å². The van der Waals surface area contributed by atoms with Crippen LogP contribution in [0.2, 0.25) is 0 Å². The molecule has 0 bridgehead atoms. The van der Waals surface area contributed by atoms with Gasteiger partial charge in [-0.15, -0.1) is 0 Å². The van der Waals surface area contributed by atoms with E-state index in [1.165, 1.54) is 19.6 Å². The molecule has 0 saturated carbocycles. The van der Waals surface area contributed by atoms with E-state index in [2.05, 4.69) is 24.1 Å². The number of rotatable bonds is 3. The van der Waals surface area contributed by atoms with Crippen molar-refractivity contribution >= 4 is 0 Å². The standard InChI is InChI=1S/C11H22N2O/c1-9(11-5-12-6-11)7-13-3-4-14-8-10(13)2/h9-12H,3-8H2,1-2H3. The molecule has 3 nitrogen and oxygen atoms in total. The van der Waals surface area contributed by atoms with Crippen LogP contribution in [-0.4, -0.2) is 50.3 Å². The summed E-state index contributed by atoms with van der Waals surface area (Å²) in [4.78, 5) is 2.58. The summed E-state index contributed by atoms with van der Waals surface area (Å²) < 4.78 is 5.44. The Bertz CT molecular complexity index is 182. The first kappa shape index (κ1) is 10.4. The molecule has 2 fully saturated rings. The summed E-state index contributed by atoms with van der Waals surface area (Å²) >= 11 is 0. The zero-order chi connectivity index (χ0) is 9.97. The third-order valence-electron chi connectivity index (χ3n) is 3.65. The van der Waals surface area contributed by atoms with Crippen molar-refractivity contribution in [3.8, 4) is 0 Å². The summed E-state index contributed by atoms with van der Waals surface area (Å²) in [7, 11) is 0. The molecule has 0 aromatic carbocycles. The lowest BCUT2D eigenvalue weighted by molar-refractivity contribution is -0.0120. The smallest absolute Gasteiger partial charge is 0.0619 e. The maximum Gasteiger partial charge on any atom is 0.0619 e. The van der Waals surface area contributed by atoms with E-state index in [0.29, 0.717) is 6.04 Å². The third kappa shape index (κ3) is 2.27. The van der Waals surface area contributed by atoms with Gasteiger partial charge in [-0.2, -0.15) is 0 Å². The molecular weight excluding hydrogens is 176 g/mol. The van der Waals surface area contributed by atoms with E-state index >= 15 is 0 Å². The van der Waals surface area contributed by atoms with Gasteiger partial charge in [0.1, 0.15) is 0 Å². The predicted octanol–water partition coefficient (Wildman–Crippen LogP) is 0.563. The molecule has 0 amide bonds. The number of hydrogen-bond acceptors (Lipinski definition) is 3. The highest BCUT2D eigenvalue weighted by Crippen LogP contribution is 2.19. The van der Waals surface area contributed by atoms with Crippen molar-refractivity contribution in [2.24, 2.45) is 11.8 Å². The molecule has 0 aromatic rings. The van der Waals surface area contributed by atoms with Gasteiger partial charge in [-0.05, 0) is 31.8 Å². The van der Waals surface area contributed by atoms with Crippen LogP contribution in [0, 0.1) is 11.8 Å².